The molecule has 4 heteroatoms. The van der Waals surface area contributed by atoms with Gasteiger partial charge in [-0.05, 0) is 103 Å². The zero-order valence-corrected chi connectivity index (χ0v) is 35.8. The quantitative estimate of drug-likeness (QED) is 0.160. The van der Waals surface area contributed by atoms with Gasteiger partial charge in [0.15, 0.2) is 17.5 Å². The van der Waals surface area contributed by atoms with Crippen LogP contribution in [0.4, 0.5) is 0 Å². The fourth-order valence-corrected chi connectivity index (χ4v) is 10.4. The molecule has 0 unspecified atom stereocenters. The normalized spacial score (nSPS) is 12.7. The molecular formula is C62H39N3O. The maximum Gasteiger partial charge on any atom is 0.164 e. The van der Waals surface area contributed by atoms with Crippen LogP contribution in [0, 0.1) is 0 Å². The van der Waals surface area contributed by atoms with Crippen LogP contribution < -0.4 is 0 Å². The summed E-state index contributed by atoms with van der Waals surface area (Å²) >= 11 is 0. The summed E-state index contributed by atoms with van der Waals surface area (Å²) in [6, 6.07) is 84.4. The summed E-state index contributed by atoms with van der Waals surface area (Å²) in [5.74, 6) is 1.84. The minimum absolute atomic E-state index is 0.456. The largest absolute Gasteiger partial charge is 0.456 e. The Morgan fingerprint density at radius 2 is 0.803 bits per heavy atom. The van der Waals surface area contributed by atoms with Crippen LogP contribution in [0.15, 0.2) is 241 Å². The Bertz CT molecular complexity index is 3710. The molecule has 0 amide bonds. The van der Waals surface area contributed by atoms with E-state index in [2.05, 4.69) is 164 Å². The summed E-state index contributed by atoms with van der Waals surface area (Å²) in [6.07, 6.45) is 0. The minimum Gasteiger partial charge on any atom is -0.456 e. The van der Waals surface area contributed by atoms with Crippen molar-refractivity contribution in [2.75, 3.05) is 0 Å². The second-order valence-corrected chi connectivity index (χ2v) is 17.1. The molecule has 0 spiro atoms. The van der Waals surface area contributed by atoms with Gasteiger partial charge in [-0.15, -0.1) is 0 Å². The van der Waals surface area contributed by atoms with E-state index in [4.69, 9.17) is 19.4 Å². The summed E-state index contributed by atoms with van der Waals surface area (Å²) in [5, 5.41) is 4.35. The second kappa shape index (κ2) is 15.2. The van der Waals surface area contributed by atoms with Gasteiger partial charge >= 0.3 is 0 Å². The molecular weight excluding hydrogens is 803 g/mol. The third-order valence-electron chi connectivity index (χ3n) is 13.4. The number of rotatable bonds is 7. The molecule has 0 radical (unpaired) electrons. The van der Waals surface area contributed by atoms with Gasteiger partial charge in [-0.2, -0.15) is 0 Å². The van der Waals surface area contributed by atoms with Gasteiger partial charge in [0.25, 0.3) is 0 Å². The molecule has 4 nitrogen and oxygen atoms in total. The highest BCUT2D eigenvalue weighted by molar-refractivity contribution is 6.13. The summed E-state index contributed by atoms with van der Waals surface area (Å²) in [5.41, 5.74) is 16.2. The van der Waals surface area contributed by atoms with E-state index in [1.165, 1.54) is 55.3 Å². The van der Waals surface area contributed by atoms with E-state index in [9.17, 15) is 0 Å². The smallest absolute Gasteiger partial charge is 0.164 e. The maximum absolute atomic E-state index is 6.52. The Hall–Kier alpha value is -8.73. The first-order valence-corrected chi connectivity index (χ1v) is 22.4. The van der Waals surface area contributed by atoms with E-state index in [0.717, 1.165) is 49.8 Å². The third kappa shape index (κ3) is 6.03. The molecule has 12 aromatic rings. The molecule has 13 rings (SSSR count). The lowest BCUT2D eigenvalue weighted by molar-refractivity contribution is 0.669. The van der Waals surface area contributed by atoms with E-state index in [1.54, 1.807) is 0 Å². The number of nitrogens with zero attached hydrogens (tertiary/aromatic N) is 3. The molecule has 0 saturated heterocycles. The van der Waals surface area contributed by atoms with Gasteiger partial charge < -0.3 is 4.42 Å². The van der Waals surface area contributed by atoms with Gasteiger partial charge in [0, 0.05) is 27.5 Å². The monoisotopic (exact) mass is 841 g/mol. The van der Waals surface area contributed by atoms with Crippen LogP contribution in [0.2, 0.25) is 0 Å². The maximum atomic E-state index is 6.52. The van der Waals surface area contributed by atoms with Crippen LogP contribution in [0.3, 0.4) is 0 Å². The predicted octanol–water partition coefficient (Wildman–Crippen LogP) is 15.6. The molecule has 0 bridgehead atoms. The molecule has 0 aliphatic heterocycles. The summed E-state index contributed by atoms with van der Waals surface area (Å²) in [4.78, 5) is 15.1. The highest BCUT2D eigenvalue weighted by Crippen LogP contribution is 2.56. The van der Waals surface area contributed by atoms with E-state index >= 15 is 0 Å². The average Bonchev–Trinajstić information content (AvgIpc) is 3.92. The summed E-state index contributed by atoms with van der Waals surface area (Å²) in [6.45, 7) is 0. The molecule has 0 saturated carbocycles. The van der Waals surface area contributed by atoms with Crippen LogP contribution in [0.25, 0.3) is 100 Å². The molecule has 10 aromatic carbocycles. The number of hydrogen-bond acceptors (Lipinski definition) is 4. The molecule has 1 aliphatic rings. The van der Waals surface area contributed by atoms with Gasteiger partial charge in [0.05, 0.1) is 5.41 Å². The molecule has 66 heavy (non-hydrogen) atoms. The van der Waals surface area contributed by atoms with Crippen molar-refractivity contribution < 1.29 is 4.42 Å². The lowest BCUT2D eigenvalue weighted by Gasteiger charge is -2.34. The van der Waals surface area contributed by atoms with Crippen LogP contribution in [0.1, 0.15) is 22.3 Å². The Balaban J connectivity index is 0.926. The number of fused-ring (bicyclic) bond motifs is 7. The Labute approximate surface area is 382 Å². The molecule has 0 atom stereocenters. The van der Waals surface area contributed by atoms with Crippen molar-refractivity contribution in [2.24, 2.45) is 0 Å². The van der Waals surface area contributed by atoms with Gasteiger partial charge in [-0.1, -0.05) is 200 Å². The Morgan fingerprint density at radius 1 is 0.303 bits per heavy atom. The van der Waals surface area contributed by atoms with Crippen LogP contribution >= 0.6 is 0 Å². The standard InChI is InChI=1S/C62H39N3O/c1-5-16-41(17-6-1)59-63-60(42-18-7-2-8-19-42)65-61(64-59)52-25-15-27-57-58(52)53-38-45(33-35-56(53)66-57)43-30-28-40-29-31-44(37-47(40)36-43)46-32-34-51-50-24-13-14-26-54(50)62(55(51)39-46,48-20-9-3-10-21-48)49-22-11-4-12-23-49/h1-39H. The van der Waals surface area contributed by atoms with Crippen molar-refractivity contribution in [1.82, 2.24) is 15.0 Å². The Kier molecular flexibility index (Phi) is 8.72. The molecule has 0 N–H and O–H groups in total. The SMILES string of the molecule is c1ccc(-c2nc(-c3ccccc3)nc(-c3cccc4oc5ccc(-c6ccc7ccc(-c8ccc9c(c8)C(c8ccccc8)(c8ccccc8)c8ccccc8-9)cc7c6)cc5c34)n2)cc1. The van der Waals surface area contributed by atoms with E-state index < -0.39 is 5.41 Å². The lowest BCUT2D eigenvalue weighted by Crippen LogP contribution is -2.28. The first kappa shape index (κ1) is 37.8. The first-order valence-electron chi connectivity index (χ1n) is 22.4. The zero-order chi connectivity index (χ0) is 43.6. The van der Waals surface area contributed by atoms with Gasteiger partial charge in [-0.3, -0.25) is 0 Å². The fourth-order valence-electron chi connectivity index (χ4n) is 10.4. The summed E-state index contributed by atoms with van der Waals surface area (Å²) in [7, 11) is 0. The summed E-state index contributed by atoms with van der Waals surface area (Å²) < 4.78 is 6.52. The van der Waals surface area contributed by atoms with E-state index in [0.29, 0.717) is 17.5 Å². The molecule has 308 valence electrons. The highest BCUT2D eigenvalue weighted by atomic mass is 16.3. The molecule has 0 fully saturated rings. The van der Waals surface area contributed by atoms with Crippen molar-refractivity contribution in [1.29, 1.82) is 0 Å². The Morgan fingerprint density at radius 3 is 1.45 bits per heavy atom. The zero-order valence-electron chi connectivity index (χ0n) is 35.8. The average molecular weight is 842 g/mol. The van der Waals surface area contributed by atoms with Crippen molar-refractivity contribution in [3.05, 3.63) is 259 Å². The van der Waals surface area contributed by atoms with Gasteiger partial charge in [0.1, 0.15) is 11.2 Å². The first-order chi connectivity index (χ1) is 32.7. The van der Waals surface area contributed by atoms with Gasteiger partial charge in [0.2, 0.25) is 0 Å². The number of furan rings is 1. The van der Waals surface area contributed by atoms with Crippen LogP contribution in [-0.4, -0.2) is 15.0 Å². The second-order valence-electron chi connectivity index (χ2n) is 17.1. The number of hydrogen-bond donors (Lipinski definition) is 0. The molecule has 1 aliphatic carbocycles. The molecule has 2 aromatic heterocycles. The molecule has 2 heterocycles. The topological polar surface area (TPSA) is 51.8 Å². The van der Waals surface area contributed by atoms with Crippen LogP contribution in [0.5, 0.6) is 0 Å². The van der Waals surface area contributed by atoms with Crippen molar-refractivity contribution in [3.8, 4) is 67.5 Å². The van der Waals surface area contributed by atoms with Crippen molar-refractivity contribution in [2.45, 2.75) is 5.41 Å². The van der Waals surface area contributed by atoms with Gasteiger partial charge in [-0.25, -0.2) is 15.0 Å². The number of aromatic nitrogens is 3. The van der Waals surface area contributed by atoms with Crippen molar-refractivity contribution in [3.63, 3.8) is 0 Å². The third-order valence-corrected chi connectivity index (χ3v) is 13.4. The van der Waals surface area contributed by atoms with E-state index in [1.807, 2.05) is 72.8 Å². The van der Waals surface area contributed by atoms with Crippen LogP contribution in [-0.2, 0) is 5.41 Å². The highest BCUT2D eigenvalue weighted by Gasteiger charge is 2.46. The lowest BCUT2D eigenvalue weighted by atomic mass is 9.67. The fraction of sp³-hybridized carbons (Fsp3) is 0.0161. The number of benzene rings is 10. The van der Waals surface area contributed by atoms with E-state index in [-0.39, 0.29) is 0 Å². The predicted molar refractivity (Wildman–Crippen MR) is 269 cm³/mol. The van der Waals surface area contributed by atoms with Crippen molar-refractivity contribution >= 4 is 32.7 Å². The minimum atomic E-state index is -0.456.